The van der Waals surface area contributed by atoms with E-state index in [9.17, 15) is 0 Å². The summed E-state index contributed by atoms with van der Waals surface area (Å²) in [6.07, 6.45) is 0. The number of nitrogens with one attached hydrogen (secondary N) is 2. The van der Waals surface area contributed by atoms with Crippen molar-refractivity contribution in [2.45, 2.75) is 38.8 Å². The first-order chi connectivity index (χ1) is 7.26. The Morgan fingerprint density at radius 3 is 2.44 bits per heavy atom. The molecule has 90 valence electrons. The van der Waals surface area contributed by atoms with Crippen LogP contribution in [0.1, 0.15) is 27.7 Å². The van der Waals surface area contributed by atoms with Crippen molar-refractivity contribution in [1.29, 1.82) is 5.41 Å². The number of azo groups is 1. The zero-order chi connectivity index (χ0) is 12.4. The third-order valence-corrected chi connectivity index (χ3v) is 2.46. The van der Waals surface area contributed by atoms with Crippen molar-refractivity contribution in [3.05, 3.63) is 0 Å². The van der Waals surface area contributed by atoms with Gasteiger partial charge in [-0.15, -0.1) is 0 Å². The molecule has 16 heavy (non-hydrogen) atoms. The number of hydrogen-bond acceptors (Lipinski definition) is 5. The quantitative estimate of drug-likeness (QED) is 0.376. The van der Waals surface area contributed by atoms with E-state index in [1.165, 1.54) is 0 Å². The molecule has 0 aromatic carbocycles. The lowest BCUT2D eigenvalue weighted by Gasteiger charge is -2.22. The third kappa shape index (κ3) is 2.77. The van der Waals surface area contributed by atoms with Gasteiger partial charge in [-0.05, 0) is 27.7 Å². The first-order valence-electron chi connectivity index (χ1n) is 5.33. The number of aliphatic imine (C=N–C) groups is 1. The minimum atomic E-state index is -0.754. The van der Waals surface area contributed by atoms with E-state index in [1.54, 1.807) is 13.8 Å². The lowest BCUT2D eigenvalue weighted by Crippen LogP contribution is -2.40. The summed E-state index contributed by atoms with van der Waals surface area (Å²) in [5.41, 5.74) is 4.20. The summed E-state index contributed by atoms with van der Waals surface area (Å²) in [6, 6.07) is 0. The van der Waals surface area contributed by atoms with Crippen LogP contribution >= 0.6 is 0 Å². The van der Waals surface area contributed by atoms with E-state index in [1.807, 2.05) is 13.8 Å². The third-order valence-electron chi connectivity index (χ3n) is 2.46. The van der Waals surface area contributed by atoms with Crippen molar-refractivity contribution in [2.75, 3.05) is 13.1 Å². The maximum atomic E-state index is 7.39. The molecule has 4 N–H and O–H groups in total. The predicted molar refractivity (Wildman–Crippen MR) is 65.2 cm³/mol. The van der Waals surface area contributed by atoms with Gasteiger partial charge in [-0.1, -0.05) is 0 Å². The molecule has 0 unspecified atom stereocenters. The molecular weight excluding hydrogens is 204 g/mol. The Hall–Kier alpha value is -1.46. The Bertz CT molecular complexity index is 339. The molecule has 0 fully saturated rings. The second kappa shape index (κ2) is 4.19. The van der Waals surface area contributed by atoms with Crippen LogP contribution in [0, 0.1) is 5.41 Å². The highest BCUT2D eigenvalue weighted by molar-refractivity contribution is 5.92. The maximum absolute atomic E-state index is 7.39. The molecule has 0 saturated carbocycles. The molecule has 6 nitrogen and oxygen atoms in total. The summed E-state index contributed by atoms with van der Waals surface area (Å²) in [6.45, 7) is 9.03. The molecule has 0 aromatic rings. The highest BCUT2D eigenvalue weighted by Gasteiger charge is 2.29. The van der Waals surface area contributed by atoms with Crippen molar-refractivity contribution in [3.8, 4) is 0 Å². The summed E-state index contributed by atoms with van der Waals surface area (Å²) in [7, 11) is 0. The molecule has 1 heterocycles. The molecule has 0 saturated heterocycles. The lowest BCUT2D eigenvalue weighted by molar-refractivity contribution is 0.555. The number of rotatable bonds is 4. The van der Waals surface area contributed by atoms with Gasteiger partial charge in [0.05, 0.1) is 6.54 Å². The van der Waals surface area contributed by atoms with Gasteiger partial charge in [-0.3, -0.25) is 10.4 Å². The predicted octanol–water partition coefficient (Wildman–Crippen LogP) is 0.933. The van der Waals surface area contributed by atoms with Crippen LogP contribution in [0.2, 0.25) is 0 Å². The van der Waals surface area contributed by atoms with Gasteiger partial charge in [0.15, 0.2) is 0 Å². The summed E-state index contributed by atoms with van der Waals surface area (Å²) >= 11 is 0. The van der Waals surface area contributed by atoms with Gasteiger partial charge in [0.2, 0.25) is 0 Å². The molecule has 0 radical (unpaired) electrons. The van der Waals surface area contributed by atoms with Crippen LogP contribution in [-0.2, 0) is 0 Å². The Balaban J connectivity index is 2.79. The number of nitrogens with zero attached hydrogens (tertiary/aromatic N) is 3. The topological polar surface area (TPSA) is 99.0 Å². The van der Waals surface area contributed by atoms with Crippen molar-refractivity contribution < 1.29 is 0 Å². The Morgan fingerprint density at radius 2 is 2.00 bits per heavy atom. The molecule has 1 rings (SSSR count). The second-order valence-corrected chi connectivity index (χ2v) is 4.89. The van der Waals surface area contributed by atoms with Gasteiger partial charge in [0.25, 0.3) is 0 Å². The van der Waals surface area contributed by atoms with Crippen molar-refractivity contribution in [2.24, 2.45) is 21.0 Å². The highest BCUT2D eigenvalue weighted by atomic mass is 15.2. The molecule has 0 amide bonds. The van der Waals surface area contributed by atoms with Crippen LogP contribution in [0.3, 0.4) is 0 Å². The number of amidine groups is 2. The Kier molecular flexibility index (Phi) is 3.30. The summed E-state index contributed by atoms with van der Waals surface area (Å²) < 4.78 is 0. The van der Waals surface area contributed by atoms with Crippen LogP contribution in [-0.4, -0.2) is 35.8 Å². The van der Waals surface area contributed by atoms with E-state index in [-0.39, 0.29) is 5.84 Å². The van der Waals surface area contributed by atoms with E-state index in [0.717, 1.165) is 18.9 Å². The first kappa shape index (κ1) is 12.6. The normalized spacial score (nSPS) is 17.4. The molecule has 6 heteroatoms. The largest absolute Gasteiger partial charge is 0.386 e. The molecule has 0 aliphatic carbocycles. The SMILES string of the molecule is CC(C)(N=NC(C)(C)C1=NCCN1)C(=N)N. The summed E-state index contributed by atoms with van der Waals surface area (Å²) in [5, 5.41) is 18.9. The molecule has 1 aliphatic rings. The van der Waals surface area contributed by atoms with E-state index in [2.05, 4.69) is 20.5 Å². The van der Waals surface area contributed by atoms with Gasteiger partial charge in [-0.25, -0.2) is 0 Å². The fourth-order valence-electron chi connectivity index (χ4n) is 1.16. The fourth-order valence-corrected chi connectivity index (χ4v) is 1.16. The average molecular weight is 224 g/mol. The van der Waals surface area contributed by atoms with E-state index < -0.39 is 11.1 Å². The van der Waals surface area contributed by atoms with Crippen LogP contribution in [0.4, 0.5) is 0 Å². The minimum Gasteiger partial charge on any atom is -0.386 e. The monoisotopic (exact) mass is 224 g/mol. The van der Waals surface area contributed by atoms with Crippen LogP contribution < -0.4 is 11.1 Å². The van der Waals surface area contributed by atoms with Crippen LogP contribution in [0.15, 0.2) is 15.2 Å². The summed E-state index contributed by atoms with van der Waals surface area (Å²) in [5.74, 6) is 0.851. The Labute approximate surface area is 95.9 Å². The van der Waals surface area contributed by atoms with Crippen LogP contribution in [0.5, 0.6) is 0 Å². The summed E-state index contributed by atoms with van der Waals surface area (Å²) in [4.78, 5) is 4.32. The van der Waals surface area contributed by atoms with E-state index in [0.29, 0.717) is 0 Å². The van der Waals surface area contributed by atoms with Gasteiger partial charge in [-0.2, -0.15) is 10.2 Å². The zero-order valence-electron chi connectivity index (χ0n) is 10.3. The molecular formula is C10H20N6. The van der Waals surface area contributed by atoms with Crippen LogP contribution in [0.25, 0.3) is 0 Å². The molecule has 0 atom stereocenters. The first-order valence-corrected chi connectivity index (χ1v) is 5.33. The zero-order valence-corrected chi connectivity index (χ0v) is 10.3. The Morgan fingerprint density at radius 1 is 1.38 bits per heavy atom. The fraction of sp³-hybridized carbons (Fsp3) is 0.800. The van der Waals surface area contributed by atoms with E-state index in [4.69, 9.17) is 11.1 Å². The van der Waals surface area contributed by atoms with Gasteiger partial charge in [0, 0.05) is 6.54 Å². The van der Waals surface area contributed by atoms with Gasteiger partial charge in [0.1, 0.15) is 22.7 Å². The average Bonchev–Trinajstić information content (AvgIpc) is 2.68. The van der Waals surface area contributed by atoms with Crippen molar-refractivity contribution in [1.82, 2.24) is 5.32 Å². The van der Waals surface area contributed by atoms with E-state index >= 15 is 0 Å². The second-order valence-electron chi connectivity index (χ2n) is 4.89. The molecule has 1 aliphatic heterocycles. The van der Waals surface area contributed by atoms with Crippen molar-refractivity contribution >= 4 is 11.7 Å². The molecule has 0 aromatic heterocycles. The smallest absolute Gasteiger partial charge is 0.133 e. The molecule has 0 spiro atoms. The highest BCUT2D eigenvalue weighted by Crippen LogP contribution is 2.17. The standard InChI is InChI=1S/C10H20N6/c1-9(2,7(11)12)15-16-10(3,4)8-13-5-6-14-8/h5-6H2,1-4H3,(H3,11,12)(H,13,14). The van der Waals surface area contributed by atoms with Crippen molar-refractivity contribution in [3.63, 3.8) is 0 Å². The number of nitrogens with two attached hydrogens (primary N) is 1. The minimum absolute atomic E-state index is 0.00775. The lowest BCUT2D eigenvalue weighted by atomic mass is 10.0. The molecule has 0 bridgehead atoms. The van der Waals surface area contributed by atoms with Gasteiger partial charge < -0.3 is 11.1 Å². The number of hydrogen-bond donors (Lipinski definition) is 3. The maximum Gasteiger partial charge on any atom is 0.133 e. The van der Waals surface area contributed by atoms with Gasteiger partial charge >= 0.3 is 0 Å².